The van der Waals surface area contributed by atoms with Crippen LogP contribution in [0.3, 0.4) is 0 Å². The van der Waals surface area contributed by atoms with Gasteiger partial charge in [0.05, 0.1) is 7.11 Å². The summed E-state index contributed by atoms with van der Waals surface area (Å²) in [6.45, 7) is 26.1. The van der Waals surface area contributed by atoms with E-state index in [2.05, 4.69) is 132 Å². The molecule has 1 unspecified atom stereocenters. The number of ether oxygens (including phenoxy) is 2. The highest BCUT2D eigenvalue weighted by atomic mass is 16.5. The number of hydrogen-bond acceptors (Lipinski definition) is 5. The van der Waals surface area contributed by atoms with Gasteiger partial charge in [0.15, 0.2) is 0 Å². The molecule has 1 aliphatic heterocycles. The predicted octanol–water partition coefficient (Wildman–Crippen LogP) is 10.4. The zero-order valence-electron chi connectivity index (χ0n) is 32.9. The van der Waals surface area contributed by atoms with Gasteiger partial charge in [-0.25, -0.2) is 0 Å². The number of rotatable bonds is 1. The van der Waals surface area contributed by atoms with Gasteiger partial charge < -0.3 is 19.7 Å². The summed E-state index contributed by atoms with van der Waals surface area (Å²) in [7, 11) is 1.66. The van der Waals surface area contributed by atoms with Crippen LogP contribution in [-0.2, 0) is 45.7 Å². The van der Waals surface area contributed by atoms with Crippen molar-refractivity contribution < 1.29 is 24.5 Å². The third-order valence-electron chi connectivity index (χ3n) is 10.8. The highest BCUT2D eigenvalue weighted by Gasteiger charge is 2.41. The Morgan fingerprint density at radius 1 is 0.529 bits per heavy atom. The molecule has 5 nitrogen and oxygen atoms in total. The van der Waals surface area contributed by atoms with Gasteiger partial charge in [-0.3, -0.25) is 4.79 Å². The van der Waals surface area contributed by atoms with Crippen molar-refractivity contribution in [2.45, 2.75) is 130 Å². The summed E-state index contributed by atoms with van der Waals surface area (Å²) in [5.74, 6) is 0.562. The lowest BCUT2D eigenvalue weighted by Crippen LogP contribution is -2.18. The normalized spacial score (nSPS) is 16.3. The fourth-order valence-corrected chi connectivity index (χ4v) is 7.48. The predicted molar refractivity (Wildman–Crippen MR) is 206 cm³/mol. The first-order chi connectivity index (χ1) is 23.5. The molecule has 10 bridgehead atoms. The average molecular weight is 689 g/mol. The number of benzene rings is 4. The van der Waals surface area contributed by atoms with Crippen molar-refractivity contribution in [2.24, 2.45) is 0 Å². The van der Waals surface area contributed by atoms with Crippen LogP contribution in [0.2, 0.25) is 0 Å². The van der Waals surface area contributed by atoms with Crippen LogP contribution in [-0.4, -0.2) is 23.3 Å². The molecule has 4 aromatic carbocycles. The molecule has 1 atom stereocenters. The summed E-state index contributed by atoms with van der Waals surface area (Å²) in [4.78, 5) is 14.3. The van der Waals surface area contributed by atoms with Gasteiger partial charge in [-0.15, -0.1) is 0 Å². The highest BCUT2D eigenvalue weighted by molar-refractivity contribution is 5.91. The number of carbonyl (C=O) groups excluding carboxylic acids is 1. The number of phenols is 2. The van der Waals surface area contributed by atoms with E-state index in [-0.39, 0.29) is 39.1 Å². The van der Waals surface area contributed by atoms with Gasteiger partial charge in [0.25, 0.3) is 0 Å². The van der Waals surface area contributed by atoms with E-state index in [1.54, 1.807) is 7.11 Å². The number of aromatic hydroxyl groups is 2. The number of methoxy groups -OCH3 is 1. The molecular formula is C46H56O5. The maximum absolute atomic E-state index is 14.3. The molecule has 1 heterocycles. The summed E-state index contributed by atoms with van der Waals surface area (Å²) in [6.07, 6.45) is 1.12. The van der Waals surface area contributed by atoms with Crippen molar-refractivity contribution in [2.75, 3.05) is 7.11 Å². The van der Waals surface area contributed by atoms with Gasteiger partial charge in [0, 0.05) is 36.0 Å². The van der Waals surface area contributed by atoms with Crippen LogP contribution in [0.15, 0.2) is 48.5 Å². The second-order valence-corrected chi connectivity index (χ2v) is 19.0. The van der Waals surface area contributed by atoms with Gasteiger partial charge in [-0.2, -0.15) is 0 Å². The molecule has 4 aromatic rings. The largest absolute Gasteiger partial charge is 0.507 e. The van der Waals surface area contributed by atoms with Crippen LogP contribution in [0.25, 0.3) is 0 Å². The van der Waals surface area contributed by atoms with E-state index in [1.165, 1.54) is 0 Å². The molecule has 0 radical (unpaired) electrons. The molecule has 1 aliphatic carbocycles. The maximum atomic E-state index is 14.3. The van der Waals surface area contributed by atoms with Crippen LogP contribution in [0.5, 0.6) is 23.0 Å². The van der Waals surface area contributed by atoms with Gasteiger partial charge in [-0.1, -0.05) is 132 Å². The zero-order valence-corrected chi connectivity index (χ0v) is 32.9. The SMILES string of the molecule is COc1c2cc(C(C)(C)C)cc1C1C(=O)Oc3c(cc(C(C)(C)C)cc31)Cc1cc(C(C)(C)C)cc(c1O)Cc1cc(C(C)(C)C)cc(c1O)C2. The van der Waals surface area contributed by atoms with Crippen molar-refractivity contribution >= 4 is 5.97 Å². The Labute approximate surface area is 305 Å². The summed E-state index contributed by atoms with van der Waals surface area (Å²) >= 11 is 0. The lowest BCUT2D eigenvalue weighted by Gasteiger charge is -2.27. The highest BCUT2D eigenvalue weighted by Crippen LogP contribution is 2.50. The second kappa shape index (κ2) is 12.2. The second-order valence-electron chi connectivity index (χ2n) is 19.0. The quantitative estimate of drug-likeness (QED) is 0.154. The van der Waals surface area contributed by atoms with E-state index < -0.39 is 5.92 Å². The van der Waals surface area contributed by atoms with E-state index in [0.717, 1.165) is 66.8 Å². The Morgan fingerprint density at radius 3 is 1.27 bits per heavy atom. The smallest absolute Gasteiger partial charge is 0.323 e. The average Bonchev–Trinajstić information content (AvgIpc) is 3.33. The van der Waals surface area contributed by atoms with E-state index >= 15 is 0 Å². The van der Waals surface area contributed by atoms with E-state index in [4.69, 9.17) is 9.47 Å². The van der Waals surface area contributed by atoms with Crippen molar-refractivity contribution in [1.29, 1.82) is 0 Å². The summed E-state index contributed by atoms with van der Waals surface area (Å²) in [6, 6.07) is 16.9. The standard InChI is InChI=1S/C46H56O5/c1-43(2,3)31-17-25-14-26-18-32(44(4,5)6)20-28(39(26)48)16-30-22-34(46(10,11)12)24-36-37(42(49)51-41(30)36)35-23-33(45(7,8)9)21-29(40(35)50-13)15-27(19-31)38(25)47/h17-24,37,47-48H,14-16H2,1-13H3. The summed E-state index contributed by atoms with van der Waals surface area (Å²) in [5, 5.41) is 24.1. The van der Waals surface area contributed by atoms with Gasteiger partial charge in [0.2, 0.25) is 0 Å². The molecule has 2 aliphatic rings. The van der Waals surface area contributed by atoms with E-state index in [0.29, 0.717) is 30.8 Å². The molecule has 51 heavy (non-hydrogen) atoms. The third-order valence-corrected chi connectivity index (χ3v) is 10.8. The first-order valence-corrected chi connectivity index (χ1v) is 18.3. The Balaban J connectivity index is 1.76. The molecular weight excluding hydrogens is 633 g/mol. The van der Waals surface area contributed by atoms with Gasteiger partial charge >= 0.3 is 5.97 Å². The lowest BCUT2D eigenvalue weighted by molar-refractivity contribution is -0.133. The minimum absolute atomic E-state index is 0.196. The topological polar surface area (TPSA) is 76.0 Å². The fourth-order valence-electron chi connectivity index (χ4n) is 7.48. The van der Waals surface area contributed by atoms with E-state index in [9.17, 15) is 15.0 Å². The minimum Gasteiger partial charge on any atom is -0.507 e. The Kier molecular flexibility index (Phi) is 8.72. The molecule has 0 saturated heterocycles. The van der Waals surface area contributed by atoms with Crippen molar-refractivity contribution in [1.82, 2.24) is 0 Å². The number of esters is 1. The van der Waals surface area contributed by atoms with Crippen LogP contribution in [0.1, 0.15) is 156 Å². The molecule has 5 heteroatoms. The molecule has 6 rings (SSSR count). The van der Waals surface area contributed by atoms with Crippen LogP contribution in [0.4, 0.5) is 0 Å². The Hall–Kier alpha value is -4.25. The van der Waals surface area contributed by atoms with Gasteiger partial charge in [-0.05, 0) is 71.7 Å². The van der Waals surface area contributed by atoms with Crippen LogP contribution >= 0.6 is 0 Å². The number of carbonyl (C=O) groups is 1. The molecule has 0 fully saturated rings. The van der Waals surface area contributed by atoms with Crippen LogP contribution in [0, 0.1) is 0 Å². The van der Waals surface area contributed by atoms with E-state index in [1.807, 2.05) is 0 Å². The zero-order chi connectivity index (χ0) is 37.6. The minimum atomic E-state index is -0.708. The van der Waals surface area contributed by atoms with Crippen LogP contribution < -0.4 is 9.47 Å². The monoisotopic (exact) mass is 688 g/mol. The third kappa shape index (κ3) is 6.77. The molecule has 0 saturated carbocycles. The molecule has 2 N–H and O–H groups in total. The number of hydrogen-bond donors (Lipinski definition) is 2. The molecule has 0 spiro atoms. The lowest BCUT2D eigenvalue weighted by atomic mass is 9.77. The summed E-state index contributed by atoms with van der Waals surface area (Å²) in [5.41, 5.74) is 9.90. The van der Waals surface area contributed by atoms with Crippen molar-refractivity contribution in [3.8, 4) is 23.0 Å². The first-order valence-electron chi connectivity index (χ1n) is 18.3. The Bertz CT molecular complexity index is 2050. The van der Waals surface area contributed by atoms with Crippen molar-refractivity contribution in [3.05, 3.63) is 115 Å². The molecule has 0 amide bonds. The maximum Gasteiger partial charge on any atom is 0.323 e. The first kappa shape index (κ1) is 36.5. The van der Waals surface area contributed by atoms with Gasteiger partial charge in [0.1, 0.15) is 28.9 Å². The van der Waals surface area contributed by atoms with Crippen molar-refractivity contribution in [3.63, 3.8) is 0 Å². The Morgan fingerprint density at radius 2 is 0.863 bits per heavy atom. The number of phenolic OH excluding ortho intramolecular Hbond substituents is 2. The fraction of sp³-hybridized carbons (Fsp3) is 0.457. The number of fused-ring (bicyclic) bond motifs is 7. The molecule has 270 valence electrons. The summed E-state index contributed by atoms with van der Waals surface area (Å²) < 4.78 is 12.5. The molecule has 0 aromatic heterocycles.